The zero-order chi connectivity index (χ0) is 15.2. The van der Waals surface area contributed by atoms with Crippen LogP contribution in [0.4, 0.5) is 5.69 Å². The van der Waals surface area contributed by atoms with E-state index < -0.39 is 0 Å². The van der Waals surface area contributed by atoms with Crippen molar-refractivity contribution in [2.75, 3.05) is 11.9 Å². The number of aromatic hydroxyl groups is 1. The molecule has 0 bridgehead atoms. The Hall–Kier alpha value is -1.87. The molecule has 3 nitrogen and oxygen atoms in total. The molecule has 0 saturated heterocycles. The maximum absolute atomic E-state index is 9.93. The molecular weight excluding hydrogens is 286 g/mol. The van der Waals surface area contributed by atoms with Crippen LogP contribution < -0.4 is 10.1 Å². The number of phenolic OH excluding ortho intramolecular Hbond substituents is 1. The van der Waals surface area contributed by atoms with E-state index in [1.54, 1.807) is 6.07 Å². The van der Waals surface area contributed by atoms with Crippen LogP contribution in [0.15, 0.2) is 36.4 Å². The molecule has 0 radical (unpaired) electrons. The van der Waals surface area contributed by atoms with E-state index in [0.717, 1.165) is 29.0 Å². The molecule has 0 aliphatic carbocycles. The van der Waals surface area contributed by atoms with E-state index in [-0.39, 0.29) is 5.75 Å². The van der Waals surface area contributed by atoms with Crippen LogP contribution in [0.3, 0.4) is 0 Å². The Bertz CT molecular complexity index is 614. The summed E-state index contributed by atoms with van der Waals surface area (Å²) in [7, 11) is 0. The average molecular weight is 306 g/mol. The van der Waals surface area contributed by atoms with Crippen LogP contribution in [-0.2, 0) is 6.54 Å². The lowest BCUT2D eigenvalue weighted by Gasteiger charge is -2.14. The standard InChI is InChI=1S/C17H20ClNO2/c1-3-9-21-16-10-12(2)7-8-15(16)19-11-13-5-4-6-14(18)17(13)20/h4-8,10,19-20H,3,9,11H2,1-2H3. The van der Waals surface area contributed by atoms with E-state index in [9.17, 15) is 5.11 Å². The quantitative estimate of drug-likeness (QED) is 0.809. The molecule has 0 saturated carbocycles. The second-order valence-corrected chi connectivity index (χ2v) is 5.36. The summed E-state index contributed by atoms with van der Waals surface area (Å²) in [5.74, 6) is 0.952. The lowest BCUT2D eigenvalue weighted by atomic mass is 10.1. The van der Waals surface area contributed by atoms with Gasteiger partial charge in [-0.2, -0.15) is 0 Å². The highest BCUT2D eigenvalue weighted by Crippen LogP contribution is 2.30. The number of aryl methyl sites for hydroxylation is 1. The molecule has 0 atom stereocenters. The topological polar surface area (TPSA) is 41.5 Å². The largest absolute Gasteiger partial charge is 0.506 e. The van der Waals surface area contributed by atoms with Crippen LogP contribution in [0.25, 0.3) is 0 Å². The number of ether oxygens (including phenoxy) is 1. The number of para-hydroxylation sites is 1. The molecule has 0 heterocycles. The maximum Gasteiger partial charge on any atom is 0.142 e. The number of hydrogen-bond donors (Lipinski definition) is 2. The Balaban J connectivity index is 2.14. The van der Waals surface area contributed by atoms with Gasteiger partial charge in [0, 0.05) is 12.1 Å². The highest BCUT2D eigenvalue weighted by atomic mass is 35.5. The zero-order valence-electron chi connectivity index (χ0n) is 12.3. The van der Waals surface area contributed by atoms with E-state index in [1.165, 1.54) is 0 Å². The highest BCUT2D eigenvalue weighted by molar-refractivity contribution is 6.32. The fraction of sp³-hybridized carbons (Fsp3) is 0.294. The Morgan fingerprint density at radius 3 is 2.81 bits per heavy atom. The third-order valence-electron chi connectivity index (χ3n) is 3.14. The summed E-state index contributed by atoms with van der Waals surface area (Å²) < 4.78 is 5.76. The first kappa shape index (κ1) is 15.5. The van der Waals surface area contributed by atoms with Crippen LogP contribution in [0.2, 0.25) is 5.02 Å². The van der Waals surface area contributed by atoms with Gasteiger partial charge in [-0.25, -0.2) is 0 Å². The summed E-state index contributed by atoms with van der Waals surface area (Å²) in [4.78, 5) is 0. The lowest BCUT2D eigenvalue weighted by Crippen LogP contribution is -2.04. The van der Waals surface area contributed by atoms with Crippen LogP contribution in [0.1, 0.15) is 24.5 Å². The van der Waals surface area contributed by atoms with Gasteiger partial charge in [0.25, 0.3) is 0 Å². The van der Waals surface area contributed by atoms with Gasteiger partial charge in [-0.15, -0.1) is 0 Å². The number of nitrogens with one attached hydrogen (secondary N) is 1. The van der Waals surface area contributed by atoms with Gasteiger partial charge >= 0.3 is 0 Å². The van der Waals surface area contributed by atoms with Gasteiger partial charge in [-0.05, 0) is 37.1 Å². The molecule has 0 amide bonds. The van der Waals surface area contributed by atoms with Gasteiger partial charge in [0.05, 0.1) is 17.3 Å². The van der Waals surface area contributed by atoms with Gasteiger partial charge < -0.3 is 15.2 Å². The zero-order valence-corrected chi connectivity index (χ0v) is 13.1. The van der Waals surface area contributed by atoms with Crippen LogP contribution in [0, 0.1) is 6.92 Å². The fourth-order valence-electron chi connectivity index (χ4n) is 2.00. The highest BCUT2D eigenvalue weighted by Gasteiger charge is 2.07. The van der Waals surface area contributed by atoms with Crippen molar-refractivity contribution in [2.24, 2.45) is 0 Å². The molecule has 2 aromatic carbocycles. The molecule has 112 valence electrons. The van der Waals surface area contributed by atoms with Crippen molar-refractivity contribution in [3.05, 3.63) is 52.5 Å². The van der Waals surface area contributed by atoms with Crippen molar-refractivity contribution in [2.45, 2.75) is 26.8 Å². The molecule has 0 aliphatic rings. The van der Waals surface area contributed by atoms with Gasteiger partial charge in [0.2, 0.25) is 0 Å². The second kappa shape index (κ2) is 7.23. The fourth-order valence-corrected chi connectivity index (χ4v) is 2.19. The minimum atomic E-state index is 0.120. The molecule has 0 aromatic heterocycles. The molecule has 0 unspecified atom stereocenters. The first-order chi connectivity index (χ1) is 10.1. The minimum absolute atomic E-state index is 0.120. The Morgan fingerprint density at radius 1 is 1.24 bits per heavy atom. The molecule has 0 fully saturated rings. The van der Waals surface area contributed by atoms with E-state index in [1.807, 2.05) is 37.3 Å². The lowest BCUT2D eigenvalue weighted by molar-refractivity contribution is 0.318. The van der Waals surface area contributed by atoms with Crippen LogP contribution in [0.5, 0.6) is 11.5 Å². The maximum atomic E-state index is 9.93. The van der Waals surface area contributed by atoms with Crippen molar-refractivity contribution in [1.82, 2.24) is 0 Å². The van der Waals surface area contributed by atoms with Gasteiger partial charge in [-0.3, -0.25) is 0 Å². The number of phenols is 1. The van der Waals surface area contributed by atoms with Crippen LogP contribution >= 0.6 is 11.6 Å². The number of halogens is 1. The summed E-state index contributed by atoms with van der Waals surface area (Å²) >= 11 is 5.91. The molecule has 0 aliphatic heterocycles. The molecule has 4 heteroatoms. The third kappa shape index (κ3) is 4.05. The molecule has 2 N–H and O–H groups in total. The van der Waals surface area contributed by atoms with Crippen molar-refractivity contribution < 1.29 is 9.84 Å². The smallest absolute Gasteiger partial charge is 0.142 e. The summed E-state index contributed by atoms with van der Waals surface area (Å²) in [5.41, 5.74) is 2.81. The predicted octanol–water partition coefficient (Wildman–Crippen LogP) is 4.75. The summed E-state index contributed by atoms with van der Waals surface area (Å²) in [6.07, 6.45) is 0.961. The van der Waals surface area contributed by atoms with Crippen molar-refractivity contribution in [3.63, 3.8) is 0 Å². The number of benzene rings is 2. The summed E-state index contributed by atoms with van der Waals surface area (Å²) in [5, 5.41) is 13.6. The number of hydrogen-bond acceptors (Lipinski definition) is 3. The Morgan fingerprint density at radius 2 is 2.05 bits per heavy atom. The second-order valence-electron chi connectivity index (χ2n) is 4.95. The predicted molar refractivity (Wildman–Crippen MR) is 87.4 cm³/mol. The molecule has 2 aromatic rings. The summed E-state index contributed by atoms with van der Waals surface area (Å²) in [6, 6.07) is 11.4. The first-order valence-corrected chi connectivity index (χ1v) is 7.43. The number of rotatable bonds is 6. The molecule has 2 rings (SSSR count). The monoisotopic (exact) mass is 305 g/mol. The Kier molecular flexibility index (Phi) is 5.34. The summed E-state index contributed by atoms with van der Waals surface area (Å²) in [6.45, 7) is 5.27. The van der Waals surface area contributed by atoms with Gasteiger partial charge in [0.15, 0.2) is 0 Å². The normalized spacial score (nSPS) is 10.4. The van der Waals surface area contributed by atoms with Gasteiger partial charge in [-0.1, -0.05) is 36.7 Å². The molecule has 21 heavy (non-hydrogen) atoms. The van der Waals surface area contributed by atoms with E-state index in [4.69, 9.17) is 16.3 Å². The first-order valence-electron chi connectivity index (χ1n) is 7.05. The van der Waals surface area contributed by atoms with Gasteiger partial charge in [0.1, 0.15) is 11.5 Å². The molecular formula is C17H20ClNO2. The Labute approximate surface area is 130 Å². The third-order valence-corrected chi connectivity index (χ3v) is 3.44. The number of anilines is 1. The minimum Gasteiger partial charge on any atom is -0.506 e. The van der Waals surface area contributed by atoms with E-state index in [0.29, 0.717) is 18.2 Å². The van der Waals surface area contributed by atoms with E-state index >= 15 is 0 Å². The average Bonchev–Trinajstić information content (AvgIpc) is 2.48. The van der Waals surface area contributed by atoms with Crippen LogP contribution in [-0.4, -0.2) is 11.7 Å². The van der Waals surface area contributed by atoms with Crippen molar-refractivity contribution in [3.8, 4) is 11.5 Å². The molecule has 0 spiro atoms. The van der Waals surface area contributed by atoms with Crippen molar-refractivity contribution >= 4 is 17.3 Å². The SMILES string of the molecule is CCCOc1cc(C)ccc1NCc1cccc(Cl)c1O. The van der Waals surface area contributed by atoms with Crippen molar-refractivity contribution in [1.29, 1.82) is 0 Å². The van der Waals surface area contributed by atoms with E-state index in [2.05, 4.69) is 12.2 Å².